The van der Waals surface area contributed by atoms with E-state index in [1.165, 1.54) is 6.92 Å². The normalized spacial score (nSPS) is 12.2. The van der Waals surface area contributed by atoms with Gasteiger partial charge in [0, 0.05) is 30.9 Å². The highest BCUT2D eigenvalue weighted by Crippen LogP contribution is 2.32. The number of fused-ring (bicyclic) bond motifs is 2. The zero-order chi connectivity index (χ0) is 20.5. The average molecular weight is 401 g/mol. The Kier molecular flexibility index (Phi) is 4.44. The molecule has 30 heavy (non-hydrogen) atoms. The quantitative estimate of drug-likeness (QED) is 0.530. The molecule has 2 N–H and O–H groups in total. The third kappa shape index (κ3) is 3.50. The number of nitrogens with zero attached hydrogens (tertiary/aromatic N) is 3. The second kappa shape index (κ2) is 7.40. The predicted octanol–water partition coefficient (Wildman–Crippen LogP) is 3.70. The van der Waals surface area contributed by atoms with E-state index in [9.17, 15) is 4.79 Å². The highest BCUT2D eigenvalue weighted by Gasteiger charge is 2.14. The monoisotopic (exact) mass is 401 g/mol. The Morgan fingerprint density at radius 1 is 1.13 bits per heavy atom. The molecule has 1 amide bonds. The van der Waals surface area contributed by atoms with Crippen LogP contribution in [0.1, 0.15) is 12.5 Å². The standard InChI is InChI=1S/C22H19N5O3/c1-14(28)25-17-4-2-3-16(10-17)18-12-24-27-8-7-21(26-22(18)27)23-11-15-5-6-19-20(9-15)30-13-29-19/h2-10,12H,11,13H2,1H3,(H,23,26)(H,25,28). The molecule has 0 atom stereocenters. The number of carbonyl (C=O) groups is 1. The number of hydrogen-bond donors (Lipinski definition) is 2. The van der Waals surface area contributed by atoms with Gasteiger partial charge in [0.25, 0.3) is 0 Å². The molecule has 0 unspecified atom stereocenters. The fourth-order valence-corrected chi connectivity index (χ4v) is 3.38. The van der Waals surface area contributed by atoms with E-state index in [0.29, 0.717) is 6.54 Å². The molecule has 150 valence electrons. The van der Waals surface area contributed by atoms with Gasteiger partial charge < -0.3 is 20.1 Å². The number of ether oxygens (including phenoxy) is 2. The number of anilines is 2. The largest absolute Gasteiger partial charge is 0.454 e. The Bertz CT molecular complexity index is 1250. The Balaban J connectivity index is 1.40. The van der Waals surface area contributed by atoms with Gasteiger partial charge in [-0.25, -0.2) is 9.50 Å². The number of aromatic nitrogens is 3. The van der Waals surface area contributed by atoms with Crippen LogP contribution >= 0.6 is 0 Å². The van der Waals surface area contributed by atoms with Crippen molar-refractivity contribution < 1.29 is 14.3 Å². The lowest BCUT2D eigenvalue weighted by molar-refractivity contribution is -0.114. The number of carbonyl (C=O) groups excluding carboxylic acids is 1. The summed E-state index contributed by atoms with van der Waals surface area (Å²) in [7, 11) is 0. The molecule has 1 aliphatic rings. The summed E-state index contributed by atoms with van der Waals surface area (Å²) in [6.07, 6.45) is 3.64. The third-order valence-electron chi connectivity index (χ3n) is 4.77. The number of amides is 1. The second-order valence-corrected chi connectivity index (χ2v) is 6.94. The van der Waals surface area contributed by atoms with Crippen molar-refractivity contribution in [2.75, 3.05) is 17.4 Å². The van der Waals surface area contributed by atoms with Crippen LogP contribution in [0.2, 0.25) is 0 Å². The van der Waals surface area contributed by atoms with Crippen LogP contribution < -0.4 is 20.1 Å². The summed E-state index contributed by atoms with van der Waals surface area (Å²) < 4.78 is 12.5. The summed E-state index contributed by atoms with van der Waals surface area (Å²) in [5.74, 6) is 2.15. The maximum atomic E-state index is 11.4. The molecule has 3 heterocycles. The molecular formula is C22H19N5O3. The number of nitrogens with one attached hydrogen (secondary N) is 2. The first-order valence-electron chi connectivity index (χ1n) is 9.50. The fourth-order valence-electron chi connectivity index (χ4n) is 3.38. The summed E-state index contributed by atoms with van der Waals surface area (Å²) in [5, 5.41) is 10.5. The van der Waals surface area contributed by atoms with Gasteiger partial charge in [0.2, 0.25) is 12.7 Å². The molecule has 0 radical (unpaired) electrons. The van der Waals surface area contributed by atoms with Crippen LogP contribution in [0.3, 0.4) is 0 Å². The van der Waals surface area contributed by atoms with Gasteiger partial charge in [-0.05, 0) is 41.5 Å². The van der Waals surface area contributed by atoms with E-state index in [4.69, 9.17) is 14.5 Å². The van der Waals surface area contributed by atoms with E-state index in [1.54, 1.807) is 10.7 Å². The summed E-state index contributed by atoms with van der Waals surface area (Å²) in [6, 6.07) is 15.4. The molecule has 0 saturated carbocycles. The van der Waals surface area contributed by atoms with Gasteiger partial charge in [0.1, 0.15) is 5.82 Å². The smallest absolute Gasteiger partial charge is 0.231 e. The molecule has 0 aliphatic carbocycles. The first kappa shape index (κ1) is 18.0. The van der Waals surface area contributed by atoms with Crippen molar-refractivity contribution in [1.29, 1.82) is 0 Å². The topological polar surface area (TPSA) is 89.8 Å². The van der Waals surface area contributed by atoms with Crippen molar-refractivity contribution in [3.05, 3.63) is 66.5 Å². The third-order valence-corrected chi connectivity index (χ3v) is 4.77. The molecule has 1 aliphatic heterocycles. The lowest BCUT2D eigenvalue weighted by Gasteiger charge is -2.08. The molecule has 0 saturated heterocycles. The Morgan fingerprint density at radius 2 is 2.03 bits per heavy atom. The minimum Gasteiger partial charge on any atom is -0.454 e. The molecule has 4 aromatic rings. The van der Waals surface area contributed by atoms with E-state index in [1.807, 2.05) is 54.7 Å². The van der Waals surface area contributed by atoms with Crippen molar-refractivity contribution in [1.82, 2.24) is 14.6 Å². The van der Waals surface area contributed by atoms with Crippen LogP contribution in [0.5, 0.6) is 11.5 Å². The molecule has 2 aromatic carbocycles. The molecule has 0 spiro atoms. The van der Waals surface area contributed by atoms with Crippen LogP contribution in [0.4, 0.5) is 11.5 Å². The van der Waals surface area contributed by atoms with Crippen molar-refractivity contribution in [2.45, 2.75) is 13.5 Å². The van der Waals surface area contributed by atoms with Crippen LogP contribution in [-0.2, 0) is 11.3 Å². The van der Waals surface area contributed by atoms with E-state index >= 15 is 0 Å². The van der Waals surface area contributed by atoms with Gasteiger partial charge in [-0.3, -0.25) is 4.79 Å². The Morgan fingerprint density at radius 3 is 2.93 bits per heavy atom. The summed E-state index contributed by atoms with van der Waals surface area (Å²) in [5.41, 5.74) is 4.34. The Labute approximate surface area is 172 Å². The zero-order valence-corrected chi connectivity index (χ0v) is 16.3. The highest BCUT2D eigenvalue weighted by molar-refractivity contribution is 5.90. The van der Waals surface area contributed by atoms with Gasteiger partial charge in [-0.1, -0.05) is 18.2 Å². The van der Waals surface area contributed by atoms with Crippen LogP contribution in [0, 0.1) is 0 Å². The van der Waals surface area contributed by atoms with Crippen molar-refractivity contribution >= 4 is 23.1 Å². The predicted molar refractivity (Wildman–Crippen MR) is 113 cm³/mol. The average Bonchev–Trinajstić information content (AvgIpc) is 3.38. The second-order valence-electron chi connectivity index (χ2n) is 6.94. The van der Waals surface area contributed by atoms with Crippen LogP contribution in [0.15, 0.2) is 60.9 Å². The first-order chi connectivity index (χ1) is 14.7. The minimum atomic E-state index is -0.111. The maximum absolute atomic E-state index is 11.4. The SMILES string of the molecule is CC(=O)Nc1cccc(-c2cnn3ccc(NCc4ccc5c(c4)OCO5)nc23)c1. The molecular weight excluding hydrogens is 382 g/mol. The van der Waals surface area contributed by atoms with Crippen molar-refractivity contribution in [2.24, 2.45) is 0 Å². The van der Waals surface area contributed by atoms with Crippen molar-refractivity contribution in [3.8, 4) is 22.6 Å². The van der Waals surface area contributed by atoms with E-state index in [0.717, 1.165) is 45.3 Å². The lowest BCUT2D eigenvalue weighted by Crippen LogP contribution is -2.05. The number of benzene rings is 2. The molecule has 8 nitrogen and oxygen atoms in total. The lowest BCUT2D eigenvalue weighted by atomic mass is 10.1. The molecule has 8 heteroatoms. The zero-order valence-electron chi connectivity index (χ0n) is 16.3. The number of rotatable bonds is 5. The summed E-state index contributed by atoms with van der Waals surface area (Å²) >= 11 is 0. The minimum absolute atomic E-state index is 0.111. The van der Waals surface area contributed by atoms with E-state index < -0.39 is 0 Å². The molecule has 2 aromatic heterocycles. The van der Waals surface area contributed by atoms with Crippen molar-refractivity contribution in [3.63, 3.8) is 0 Å². The van der Waals surface area contributed by atoms with Gasteiger partial charge in [0.15, 0.2) is 17.1 Å². The molecule has 5 rings (SSSR count). The molecule has 0 fully saturated rings. The van der Waals surface area contributed by atoms with Crippen LogP contribution in [-0.4, -0.2) is 27.3 Å². The fraction of sp³-hybridized carbons (Fsp3) is 0.136. The number of hydrogen-bond acceptors (Lipinski definition) is 6. The maximum Gasteiger partial charge on any atom is 0.231 e. The van der Waals surface area contributed by atoms with Gasteiger partial charge in [0.05, 0.1) is 6.20 Å². The summed E-state index contributed by atoms with van der Waals surface area (Å²) in [6.45, 7) is 2.35. The van der Waals surface area contributed by atoms with E-state index in [-0.39, 0.29) is 12.7 Å². The first-order valence-corrected chi connectivity index (χ1v) is 9.50. The van der Waals surface area contributed by atoms with Gasteiger partial charge >= 0.3 is 0 Å². The summed E-state index contributed by atoms with van der Waals surface area (Å²) in [4.78, 5) is 16.1. The van der Waals surface area contributed by atoms with Crippen LogP contribution in [0.25, 0.3) is 16.8 Å². The highest BCUT2D eigenvalue weighted by atomic mass is 16.7. The van der Waals surface area contributed by atoms with E-state index in [2.05, 4.69) is 15.7 Å². The van der Waals surface area contributed by atoms with Gasteiger partial charge in [-0.2, -0.15) is 5.10 Å². The Hall–Kier alpha value is -4.07. The molecule has 0 bridgehead atoms. The van der Waals surface area contributed by atoms with Gasteiger partial charge in [-0.15, -0.1) is 0 Å².